The topological polar surface area (TPSA) is 109 Å². The molecule has 2 aromatic carbocycles. The molecule has 0 unspecified atom stereocenters. The smallest absolute Gasteiger partial charge is 0.275 e. The average molecular weight is 431 g/mol. The number of rotatable bonds is 8. The van der Waals surface area contributed by atoms with Crippen molar-refractivity contribution < 1.29 is 19.2 Å². The molecule has 0 saturated heterocycles. The molecule has 0 fully saturated rings. The quantitative estimate of drug-likeness (QED) is 0.413. The molecule has 0 atom stereocenters. The molecule has 9 nitrogen and oxygen atoms in total. The third kappa shape index (κ3) is 5.48. The number of nitrogens with one attached hydrogen (secondary N) is 1. The SMILES string of the molecule is COc1ccc(Oc2cc(NC(=O)CCn3cc(Cl)c(C)n3)cc([N+](=O)[O-])c2)cc1. The van der Waals surface area contributed by atoms with Crippen LogP contribution in [0.4, 0.5) is 11.4 Å². The van der Waals surface area contributed by atoms with Crippen molar-refractivity contribution in [1.29, 1.82) is 0 Å². The summed E-state index contributed by atoms with van der Waals surface area (Å²) in [5.41, 5.74) is 0.731. The highest BCUT2D eigenvalue weighted by Gasteiger charge is 2.14. The van der Waals surface area contributed by atoms with E-state index in [-0.39, 0.29) is 29.5 Å². The summed E-state index contributed by atoms with van der Waals surface area (Å²) in [6, 6.07) is 10.8. The van der Waals surface area contributed by atoms with E-state index in [1.54, 1.807) is 49.2 Å². The van der Waals surface area contributed by atoms with Crippen LogP contribution in [-0.2, 0) is 11.3 Å². The largest absolute Gasteiger partial charge is 0.497 e. The molecule has 0 spiro atoms. The van der Waals surface area contributed by atoms with Gasteiger partial charge in [0.15, 0.2) is 0 Å². The van der Waals surface area contributed by atoms with Crippen molar-refractivity contribution in [2.75, 3.05) is 12.4 Å². The van der Waals surface area contributed by atoms with Crippen LogP contribution < -0.4 is 14.8 Å². The Morgan fingerprint density at radius 2 is 1.90 bits per heavy atom. The molecular weight excluding hydrogens is 412 g/mol. The highest BCUT2D eigenvalue weighted by molar-refractivity contribution is 6.31. The number of aryl methyl sites for hydroxylation is 2. The van der Waals surface area contributed by atoms with Crippen LogP contribution in [0.15, 0.2) is 48.7 Å². The van der Waals surface area contributed by atoms with Crippen molar-refractivity contribution >= 4 is 28.9 Å². The van der Waals surface area contributed by atoms with Gasteiger partial charge < -0.3 is 14.8 Å². The zero-order valence-corrected chi connectivity index (χ0v) is 17.0. The first-order chi connectivity index (χ1) is 14.3. The van der Waals surface area contributed by atoms with Crippen LogP contribution in [0.3, 0.4) is 0 Å². The van der Waals surface area contributed by atoms with E-state index in [4.69, 9.17) is 21.1 Å². The summed E-state index contributed by atoms with van der Waals surface area (Å²) in [5, 5.41) is 18.6. The molecule has 0 aliphatic rings. The standard InChI is InChI=1S/C20H19ClN4O5/c1-13-19(21)12-24(23-13)8-7-20(26)22-14-9-15(25(27)28)11-18(10-14)30-17-5-3-16(29-2)4-6-17/h3-6,9-12H,7-8H2,1-2H3,(H,22,26). The monoisotopic (exact) mass is 430 g/mol. The van der Waals surface area contributed by atoms with E-state index in [2.05, 4.69) is 10.4 Å². The van der Waals surface area contributed by atoms with Crippen LogP contribution in [0.2, 0.25) is 5.02 Å². The average Bonchev–Trinajstić information content (AvgIpc) is 3.04. The molecule has 0 radical (unpaired) electrons. The number of carbonyl (C=O) groups excluding carboxylic acids is 1. The summed E-state index contributed by atoms with van der Waals surface area (Å²) in [7, 11) is 1.55. The molecule has 1 amide bonds. The van der Waals surface area contributed by atoms with Gasteiger partial charge in [-0.05, 0) is 31.2 Å². The lowest BCUT2D eigenvalue weighted by Gasteiger charge is -2.10. The van der Waals surface area contributed by atoms with Crippen LogP contribution in [0, 0.1) is 17.0 Å². The molecule has 1 heterocycles. The number of ether oxygens (including phenoxy) is 2. The lowest BCUT2D eigenvalue weighted by Crippen LogP contribution is -2.15. The van der Waals surface area contributed by atoms with Crippen molar-refractivity contribution in [3.8, 4) is 17.2 Å². The molecule has 3 aromatic rings. The predicted octanol–water partition coefficient (Wildman–Crippen LogP) is 4.58. The maximum absolute atomic E-state index is 12.3. The molecule has 0 saturated carbocycles. The van der Waals surface area contributed by atoms with Gasteiger partial charge in [0.05, 0.1) is 34.5 Å². The van der Waals surface area contributed by atoms with Crippen LogP contribution >= 0.6 is 11.6 Å². The highest BCUT2D eigenvalue weighted by atomic mass is 35.5. The molecule has 156 valence electrons. The Bertz CT molecular complexity index is 1050. The highest BCUT2D eigenvalue weighted by Crippen LogP contribution is 2.30. The first-order valence-corrected chi connectivity index (χ1v) is 9.32. The van der Waals surface area contributed by atoms with Gasteiger partial charge in [0.1, 0.15) is 17.2 Å². The fourth-order valence-electron chi connectivity index (χ4n) is 2.65. The lowest BCUT2D eigenvalue weighted by atomic mass is 10.2. The van der Waals surface area contributed by atoms with Gasteiger partial charge in [-0.3, -0.25) is 19.6 Å². The van der Waals surface area contributed by atoms with Crippen LogP contribution in [-0.4, -0.2) is 27.7 Å². The van der Waals surface area contributed by atoms with E-state index >= 15 is 0 Å². The molecule has 1 N–H and O–H groups in total. The van der Waals surface area contributed by atoms with Gasteiger partial charge in [0.25, 0.3) is 5.69 Å². The van der Waals surface area contributed by atoms with Crippen molar-refractivity contribution in [3.05, 3.63) is 69.5 Å². The van der Waals surface area contributed by atoms with E-state index in [0.29, 0.717) is 28.8 Å². The zero-order valence-electron chi connectivity index (χ0n) is 16.3. The number of nitrogens with zero attached hydrogens (tertiary/aromatic N) is 3. The molecule has 10 heteroatoms. The fourth-order valence-corrected chi connectivity index (χ4v) is 2.80. The van der Waals surface area contributed by atoms with E-state index in [9.17, 15) is 14.9 Å². The Hall–Kier alpha value is -3.59. The summed E-state index contributed by atoms with van der Waals surface area (Å²) in [6.07, 6.45) is 1.76. The van der Waals surface area contributed by atoms with E-state index in [0.717, 1.165) is 0 Å². The molecule has 0 aliphatic heterocycles. The lowest BCUT2D eigenvalue weighted by molar-refractivity contribution is -0.384. The van der Waals surface area contributed by atoms with Crippen molar-refractivity contribution in [2.45, 2.75) is 19.9 Å². The molecule has 0 aliphatic carbocycles. The van der Waals surface area contributed by atoms with Crippen LogP contribution in [0.25, 0.3) is 0 Å². The fraction of sp³-hybridized carbons (Fsp3) is 0.200. The molecule has 0 bridgehead atoms. The predicted molar refractivity (Wildman–Crippen MR) is 111 cm³/mol. The number of aromatic nitrogens is 2. The van der Waals surface area contributed by atoms with Gasteiger partial charge >= 0.3 is 0 Å². The summed E-state index contributed by atoms with van der Waals surface area (Å²) in [5.74, 6) is 1.02. The third-order valence-electron chi connectivity index (χ3n) is 4.14. The zero-order chi connectivity index (χ0) is 21.7. The summed E-state index contributed by atoms with van der Waals surface area (Å²) >= 11 is 5.95. The van der Waals surface area contributed by atoms with Crippen molar-refractivity contribution in [1.82, 2.24) is 9.78 Å². The number of hydrogen-bond acceptors (Lipinski definition) is 6. The number of nitro groups is 1. The second kappa shape index (κ2) is 9.27. The van der Waals surface area contributed by atoms with Crippen molar-refractivity contribution in [2.24, 2.45) is 0 Å². The normalized spacial score (nSPS) is 10.5. The van der Waals surface area contributed by atoms with Crippen molar-refractivity contribution in [3.63, 3.8) is 0 Å². The number of halogens is 1. The summed E-state index contributed by atoms with van der Waals surface area (Å²) in [4.78, 5) is 23.0. The van der Waals surface area contributed by atoms with Gasteiger partial charge in [0.2, 0.25) is 5.91 Å². The number of methoxy groups -OCH3 is 1. The van der Waals surface area contributed by atoms with Gasteiger partial charge in [-0.1, -0.05) is 11.6 Å². The van der Waals surface area contributed by atoms with Gasteiger partial charge in [0, 0.05) is 31.3 Å². The molecule has 30 heavy (non-hydrogen) atoms. The van der Waals surface area contributed by atoms with Gasteiger partial charge in [-0.2, -0.15) is 5.10 Å². The number of non-ortho nitro benzene ring substituents is 1. The number of hydrogen-bond donors (Lipinski definition) is 1. The van der Waals surface area contributed by atoms with E-state index in [1.807, 2.05) is 0 Å². The van der Waals surface area contributed by atoms with Gasteiger partial charge in [-0.15, -0.1) is 0 Å². The number of nitro benzene ring substituents is 1. The Kier molecular flexibility index (Phi) is 6.53. The number of amides is 1. The number of anilines is 1. The summed E-state index contributed by atoms with van der Waals surface area (Å²) < 4.78 is 12.4. The second-order valence-corrected chi connectivity index (χ2v) is 6.78. The maximum atomic E-state index is 12.3. The number of benzene rings is 2. The van der Waals surface area contributed by atoms with Crippen LogP contribution in [0.5, 0.6) is 17.2 Å². The second-order valence-electron chi connectivity index (χ2n) is 6.37. The van der Waals surface area contributed by atoms with E-state index < -0.39 is 4.92 Å². The third-order valence-corrected chi connectivity index (χ3v) is 4.51. The maximum Gasteiger partial charge on any atom is 0.275 e. The molecule has 1 aromatic heterocycles. The molecular formula is C20H19ClN4O5. The van der Waals surface area contributed by atoms with E-state index in [1.165, 1.54) is 18.2 Å². The first-order valence-electron chi connectivity index (χ1n) is 8.95. The minimum absolute atomic E-state index is 0.120. The molecule has 3 rings (SSSR count). The minimum atomic E-state index is -0.551. The Labute approximate surface area is 177 Å². The van der Waals surface area contributed by atoms with Gasteiger partial charge in [-0.25, -0.2) is 0 Å². The first kappa shape index (κ1) is 21.1. The summed E-state index contributed by atoms with van der Waals surface area (Å²) in [6.45, 7) is 2.09. The van der Waals surface area contributed by atoms with Crippen LogP contribution in [0.1, 0.15) is 12.1 Å². The Morgan fingerprint density at radius 1 is 1.20 bits per heavy atom. The Balaban J connectivity index is 1.71. The Morgan fingerprint density at radius 3 is 2.50 bits per heavy atom. The minimum Gasteiger partial charge on any atom is -0.497 e. The number of carbonyl (C=O) groups is 1.